The summed E-state index contributed by atoms with van der Waals surface area (Å²) in [5.74, 6) is 2.20. The third-order valence-corrected chi connectivity index (χ3v) is 2.60. The normalized spacial score (nSPS) is 30.7. The highest BCUT2D eigenvalue weighted by molar-refractivity contribution is 4.83. The van der Waals surface area contributed by atoms with Gasteiger partial charge in [0.1, 0.15) is 0 Å². The molecule has 51 valence electrons. The van der Waals surface area contributed by atoms with Crippen LogP contribution in [0.15, 0.2) is 0 Å². The molecule has 1 heteroatoms. The molecule has 1 saturated carbocycles. The van der Waals surface area contributed by atoms with Crippen LogP contribution in [-0.2, 0) is 0 Å². The van der Waals surface area contributed by atoms with Crippen LogP contribution >= 0.6 is 0 Å². The van der Waals surface area contributed by atoms with Gasteiger partial charge >= 0.3 is 0 Å². The number of hydrogen-bond acceptors (Lipinski definition) is 0. The third-order valence-electron chi connectivity index (χ3n) is 2.60. The van der Waals surface area contributed by atoms with Crippen LogP contribution in [0.2, 0.25) is 0 Å². The van der Waals surface area contributed by atoms with Crippen LogP contribution in [0.5, 0.6) is 0 Å². The summed E-state index contributed by atoms with van der Waals surface area (Å²) in [5, 5.41) is 4.34. The number of nitrogens with zero attached hydrogens (tertiary/aromatic N) is 1. The summed E-state index contributed by atoms with van der Waals surface area (Å²) >= 11 is 0. The zero-order valence-corrected chi connectivity index (χ0v) is 5.84. The molecular weight excluding hydrogens is 110 g/mol. The molecule has 2 rings (SSSR count). The summed E-state index contributed by atoms with van der Waals surface area (Å²) in [6, 6.07) is 0. The van der Waals surface area contributed by atoms with Gasteiger partial charge in [0.15, 0.2) is 0 Å². The Morgan fingerprint density at radius 3 is 1.89 bits per heavy atom. The van der Waals surface area contributed by atoms with Crippen molar-refractivity contribution in [3.8, 4) is 0 Å². The van der Waals surface area contributed by atoms with Crippen LogP contribution in [0.1, 0.15) is 25.7 Å². The summed E-state index contributed by atoms with van der Waals surface area (Å²) in [6.45, 7) is 2.31. The lowest BCUT2D eigenvalue weighted by molar-refractivity contribution is 0.333. The zero-order valence-electron chi connectivity index (χ0n) is 5.84. The fraction of sp³-hybridized carbons (Fsp3) is 1.00. The molecule has 1 saturated heterocycles. The maximum Gasteiger partial charge on any atom is 0.0136 e. The first-order valence-electron chi connectivity index (χ1n) is 4.10. The molecule has 0 N–H and O–H groups in total. The quantitative estimate of drug-likeness (QED) is 0.502. The van der Waals surface area contributed by atoms with Crippen LogP contribution in [-0.4, -0.2) is 13.1 Å². The summed E-state index contributed by atoms with van der Waals surface area (Å²) in [5.41, 5.74) is 0. The van der Waals surface area contributed by atoms with E-state index in [4.69, 9.17) is 0 Å². The lowest BCUT2D eigenvalue weighted by Crippen LogP contribution is -2.23. The Kier molecular flexibility index (Phi) is 1.46. The van der Waals surface area contributed by atoms with Crippen molar-refractivity contribution in [2.24, 2.45) is 11.8 Å². The van der Waals surface area contributed by atoms with E-state index in [-0.39, 0.29) is 0 Å². The summed E-state index contributed by atoms with van der Waals surface area (Å²) < 4.78 is 0. The third kappa shape index (κ3) is 1.26. The molecule has 0 atom stereocenters. The van der Waals surface area contributed by atoms with Crippen molar-refractivity contribution >= 4 is 0 Å². The first-order chi connectivity index (χ1) is 4.47. The van der Waals surface area contributed by atoms with E-state index >= 15 is 0 Å². The Balaban J connectivity index is 1.80. The van der Waals surface area contributed by atoms with Crippen molar-refractivity contribution in [1.29, 1.82) is 0 Å². The van der Waals surface area contributed by atoms with Gasteiger partial charge in [-0.15, -0.1) is 0 Å². The molecule has 0 aromatic rings. The second kappa shape index (κ2) is 2.30. The minimum absolute atomic E-state index is 1.07. The monoisotopic (exact) mass is 124 g/mol. The molecule has 1 aliphatic heterocycles. The molecule has 0 aromatic carbocycles. The summed E-state index contributed by atoms with van der Waals surface area (Å²) in [7, 11) is 0. The molecule has 0 bridgehead atoms. The Labute approximate surface area is 56.8 Å². The molecule has 9 heavy (non-hydrogen) atoms. The Morgan fingerprint density at radius 2 is 1.33 bits per heavy atom. The first kappa shape index (κ1) is 5.72. The number of rotatable bonds is 1. The largest absolute Gasteiger partial charge is 0.242 e. The maximum atomic E-state index is 4.34. The molecule has 1 aliphatic carbocycles. The second-order valence-electron chi connectivity index (χ2n) is 3.35. The van der Waals surface area contributed by atoms with E-state index in [1.165, 1.54) is 25.7 Å². The van der Waals surface area contributed by atoms with Gasteiger partial charge in [-0.3, -0.25) is 0 Å². The van der Waals surface area contributed by atoms with Crippen molar-refractivity contribution in [3.05, 3.63) is 0 Å². The lowest BCUT2D eigenvalue weighted by atomic mass is 9.93. The zero-order chi connectivity index (χ0) is 6.10. The highest BCUT2D eigenvalue weighted by Gasteiger charge is 2.31. The predicted molar refractivity (Wildman–Crippen MR) is 37.3 cm³/mol. The van der Waals surface area contributed by atoms with Crippen LogP contribution in [0.25, 0.3) is 0 Å². The first-order valence-corrected chi connectivity index (χ1v) is 4.10. The molecule has 0 unspecified atom stereocenters. The number of piperidine rings is 1. The van der Waals surface area contributed by atoms with Gasteiger partial charge in [-0.25, -0.2) is 5.32 Å². The van der Waals surface area contributed by atoms with E-state index < -0.39 is 0 Å². The van der Waals surface area contributed by atoms with Crippen LogP contribution in [0, 0.1) is 11.8 Å². The highest BCUT2D eigenvalue weighted by atomic mass is 14.9. The Hall–Kier alpha value is -0.0400. The van der Waals surface area contributed by atoms with E-state index in [9.17, 15) is 0 Å². The molecule has 1 radical (unpaired) electrons. The summed E-state index contributed by atoms with van der Waals surface area (Å²) in [6.07, 6.45) is 5.82. The minimum Gasteiger partial charge on any atom is -0.242 e. The molecule has 0 amide bonds. The Bertz CT molecular complexity index is 90.7. The van der Waals surface area contributed by atoms with E-state index in [1.807, 2.05) is 0 Å². The van der Waals surface area contributed by atoms with Gasteiger partial charge in [-0.1, -0.05) is 0 Å². The molecule has 1 heterocycles. The fourth-order valence-electron chi connectivity index (χ4n) is 1.81. The fourth-order valence-corrected chi connectivity index (χ4v) is 1.81. The highest BCUT2D eigenvalue weighted by Crippen LogP contribution is 2.40. The average molecular weight is 124 g/mol. The van der Waals surface area contributed by atoms with Crippen molar-refractivity contribution in [2.45, 2.75) is 25.7 Å². The number of hydrogen-bond donors (Lipinski definition) is 0. The van der Waals surface area contributed by atoms with Crippen LogP contribution < -0.4 is 5.32 Å². The van der Waals surface area contributed by atoms with Crippen LogP contribution in [0.3, 0.4) is 0 Å². The molecule has 2 fully saturated rings. The van der Waals surface area contributed by atoms with Gasteiger partial charge in [0.05, 0.1) is 0 Å². The topological polar surface area (TPSA) is 14.1 Å². The van der Waals surface area contributed by atoms with Gasteiger partial charge in [0, 0.05) is 13.1 Å². The standard InChI is InChI=1S/C8H14N/c1-2-7(1)8-3-5-9-6-4-8/h7-8H,1-6H2. The SMILES string of the molecule is C1CC(C2CC2)CC[N]1. The van der Waals surface area contributed by atoms with Crippen molar-refractivity contribution in [1.82, 2.24) is 5.32 Å². The van der Waals surface area contributed by atoms with Gasteiger partial charge in [0.2, 0.25) is 0 Å². The van der Waals surface area contributed by atoms with E-state index in [1.54, 1.807) is 0 Å². The molecule has 0 spiro atoms. The second-order valence-corrected chi connectivity index (χ2v) is 3.35. The van der Waals surface area contributed by atoms with Crippen molar-refractivity contribution in [3.63, 3.8) is 0 Å². The summed E-state index contributed by atoms with van der Waals surface area (Å²) in [4.78, 5) is 0. The molecule has 0 aromatic heterocycles. The van der Waals surface area contributed by atoms with Crippen LogP contribution in [0.4, 0.5) is 0 Å². The Morgan fingerprint density at radius 1 is 0.778 bits per heavy atom. The van der Waals surface area contributed by atoms with Gasteiger partial charge in [0.25, 0.3) is 0 Å². The van der Waals surface area contributed by atoms with E-state index in [2.05, 4.69) is 5.32 Å². The molecule has 1 nitrogen and oxygen atoms in total. The van der Waals surface area contributed by atoms with Gasteiger partial charge in [-0.05, 0) is 37.5 Å². The van der Waals surface area contributed by atoms with E-state index in [0.717, 1.165) is 24.9 Å². The maximum absolute atomic E-state index is 4.34. The molecule has 2 aliphatic rings. The van der Waals surface area contributed by atoms with Crippen molar-refractivity contribution in [2.75, 3.05) is 13.1 Å². The predicted octanol–water partition coefficient (Wildman–Crippen LogP) is 1.41. The van der Waals surface area contributed by atoms with E-state index in [0.29, 0.717) is 0 Å². The molecular formula is C8H14N. The van der Waals surface area contributed by atoms with Gasteiger partial charge in [-0.2, -0.15) is 0 Å². The average Bonchev–Trinajstić information content (AvgIpc) is 2.71. The minimum atomic E-state index is 1.07. The van der Waals surface area contributed by atoms with Gasteiger partial charge < -0.3 is 0 Å². The smallest absolute Gasteiger partial charge is 0.0136 e. The lowest BCUT2D eigenvalue weighted by Gasteiger charge is -2.20. The van der Waals surface area contributed by atoms with Crippen molar-refractivity contribution < 1.29 is 0 Å².